The molecule has 1 saturated heterocycles. The molecule has 0 radical (unpaired) electrons. The third kappa shape index (κ3) is 4.42. The molecule has 2 heterocycles. The van der Waals surface area contributed by atoms with Gasteiger partial charge in [0.1, 0.15) is 34.6 Å². The van der Waals surface area contributed by atoms with Crippen LogP contribution in [-0.2, 0) is 0 Å². The van der Waals surface area contributed by atoms with Gasteiger partial charge in [-0.1, -0.05) is 18.2 Å². The quantitative estimate of drug-likeness (QED) is 0.631. The van der Waals surface area contributed by atoms with E-state index in [1.165, 1.54) is 0 Å². The van der Waals surface area contributed by atoms with E-state index in [2.05, 4.69) is 31.7 Å². The summed E-state index contributed by atoms with van der Waals surface area (Å²) in [5, 5.41) is 14.6. The molecule has 0 unspecified atom stereocenters. The molecule has 0 aliphatic carbocycles. The van der Waals surface area contributed by atoms with Gasteiger partial charge in [-0.05, 0) is 76.6 Å². The molecule has 2 aromatic carbocycles. The molecular weight excluding hydrogens is 386 g/mol. The second-order valence-corrected chi connectivity index (χ2v) is 9.02. The zero-order valence-corrected chi connectivity index (χ0v) is 18.4. The lowest BCUT2D eigenvalue weighted by Crippen LogP contribution is -2.47. The number of nitrogens with zero attached hydrogens (tertiary/aromatic N) is 4. The van der Waals surface area contributed by atoms with Gasteiger partial charge in [-0.15, -0.1) is 0 Å². The fourth-order valence-corrected chi connectivity index (χ4v) is 4.11. The van der Waals surface area contributed by atoms with Crippen LogP contribution in [0, 0.1) is 11.3 Å². The summed E-state index contributed by atoms with van der Waals surface area (Å²) in [5.74, 6) is 1.96. The van der Waals surface area contributed by atoms with E-state index < -0.39 is 0 Å². The number of hydrogen-bond donors (Lipinski definition) is 1. The summed E-state index contributed by atoms with van der Waals surface area (Å²) in [6.07, 6.45) is 2.09. The van der Waals surface area contributed by atoms with Crippen LogP contribution < -0.4 is 10.5 Å². The molecule has 0 amide bonds. The summed E-state index contributed by atoms with van der Waals surface area (Å²) in [6, 6.07) is 19.7. The molecule has 31 heavy (non-hydrogen) atoms. The van der Waals surface area contributed by atoms with Gasteiger partial charge in [-0.2, -0.15) is 10.4 Å². The molecule has 6 nitrogen and oxygen atoms in total. The van der Waals surface area contributed by atoms with Crippen LogP contribution in [0.15, 0.2) is 54.6 Å². The minimum atomic E-state index is 0.0933. The van der Waals surface area contributed by atoms with Gasteiger partial charge in [0.2, 0.25) is 0 Å². The van der Waals surface area contributed by atoms with Crippen molar-refractivity contribution >= 4 is 5.82 Å². The average Bonchev–Trinajstić information content (AvgIpc) is 3.11. The summed E-state index contributed by atoms with van der Waals surface area (Å²) in [5.41, 5.74) is 8.41. The lowest BCUT2D eigenvalue weighted by Gasteiger charge is -2.41. The largest absolute Gasteiger partial charge is 0.457 e. The Bertz CT molecular complexity index is 1070. The maximum absolute atomic E-state index is 9.78. The highest BCUT2D eigenvalue weighted by Gasteiger charge is 2.31. The van der Waals surface area contributed by atoms with Crippen LogP contribution in [0.1, 0.15) is 45.2 Å². The zero-order valence-electron chi connectivity index (χ0n) is 18.4. The van der Waals surface area contributed by atoms with Crippen LogP contribution in [0.5, 0.6) is 11.5 Å². The van der Waals surface area contributed by atoms with Crippen molar-refractivity contribution in [1.29, 1.82) is 5.26 Å². The van der Waals surface area contributed by atoms with Crippen LogP contribution in [-0.4, -0.2) is 33.3 Å². The van der Waals surface area contributed by atoms with E-state index in [1.807, 2.05) is 59.3 Å². The van der Waals surface area contributed by atoms with E-state index in [1.54, 1.807) is 0 Å². The van der Waals surface area contributed by atoms with E-state index >= 15 is 0 Å². The first-order chi connectivity index (χ1) is 14.9. The molecule has 3 aromatic rings. The number of para-hydroxylation sites is 1. The first-order valence-electron chi connectivity index (χ1n) is 10.7. The zero-order chi connectivity index (χ0) is 22.0. The predicted molar refractivity (Wildman–Crippen MR) is 123 cm³/mol. The maximum Gasteiger partial charge on any atom is 0.140 e. The normalized spacial score (nSPS) is 17.3. The summed E-state index contributed by atoms with van der Waals surface area (Å²) in [7, 11) is 0. The van der Waals surface area contributed by atoms with Crippen molar-refractivity contribution < 1.29 is 4.74 Å². The fraction of sp³-hybridized carbons (Fsp3) is 0.360. The molecule has 2 N–H and O–H groups in total. The molecule has 6 heteroatoms. The molecule has 0 saturated carbocycles. The van der Waals surface area contributed by atoms with Crippen LogP contribution in [0.25, 0.3) is 11.3 Å². The van der Waals surface area contributed by atoms with E-state index in [4.69, 9.17) is 15.6 Å². The van der Waals surface area contributed by atoms with Crippen molar-refractivity contribution in [2.24, 2.45) is 0 Å². The van der Waals surface area contributed by atoms with Gasteiger partial charge in [-0.3, -0.25) is 4.90 Å². The molecular formula is C25H29N5O. The SMILES string of the molecule is CC(C)(C)N1CCC[C@@H](n2nc(-c3ccc(Oc4ccccc4)cc3)c(C#N)c2N)C1. The Hall–Kier alpha value is -3.30. The second-order valence-electron chi connectivity index (χ2n) is 9.02. The first kappa shape index (κ1) is 21.0. The predicted octanol–water partition coefficient (Wildman–Crippen LogP) is 5.23. The smallest absolute Gasteiger partial charge is 0.140 e. The average molecular weight is 416 g/mol. The van der Waals surface area contributed by atoms with Crippen LogP contribution in [0.2, 0.25) is 0 Å². The van der Waals surface area contributed by atoms with Crippen LogP contribution in [0.4, 0.5) is 5.82 Å². The maximum atomic E-state index is 9.78. The van der Waals surface area contributed by atoms with E-state index in [0.29, 0.717) is 17.1 Å². The topological polar surface area (TPSA) is 80.1 Å². The van der Waals surface area contributed by atoms with E-state index in [-0.39, 0.29) is 11.6 Å². The Labute approximate surface area is 183 Å². The third-order valence-electron chi connectivity index (χ3n) is 5.86. The molecule has 1 aromatic heterocycles. The number of nitrogens with two attached hydrogens (primary N) is 1. The highest BCUT2D eigenvalue weighted by Crippen LogP contribution is 2.34. The van der Waals surface area contributed by atoms with Gasteiger partial charge in [0.05, 0.1) is 6.04 Å². The van der Waals surface area contributed by atoms with Crippen molar-refractivity contribution in [3.05, 3.63) is 60.2 Å². The van der Waals surface area contributed by atoms with Crippen molar-refractivity contribution in [2.75, 3.05) is 18.8 Å². The fourth-order valence-electron chi connectivity index (χ4n) is 4.11. The van der Waals surface area contributed by atoms with Crippen LogP contribution >= 0.6 is 0 Å². The molecule has 0 spiro atoms. The van der Waals surface area contributed by atoms with Gasteiger partial charge >= 0.3 is 0 Å². The van der Waals surface area contributed by atoms with Crippen molar-refractivity contribution in [3.8, 4) is 28.8 Å². The standard InChI is InChI=1S/C25H29N5O/c1-25(2,3)29-15-7-8-19(17-29)30-24(27)22(16-26)23(28-30)18-11-13-21(14-12-18)31-20-9-5-4-6-10-20/h4-6,9-14,19H,7-8,15,17,27H2,1-3H3/t19-/m1/s1. The lowest BCUT2D eigenvalue weighted by molar-refractivity contribution is 0.0792. The molecule has 1 aliphatic rings. The number of anilines is 1. The Kier molecular flexibility index (Phi) is 5.71. The third-order valence-corrected chi connectivity index (χ3v) is 5.86. The molecule has 160 valence electrons. The van der Waals surface area contributed by atoms with Gasteiger partial charge in [0.15, 0.2) is 0 Å². The number of nitrogen functional groups attached to an aromatic ring is 1. The monoisotopic (exact) mass is 415 g/mol. The Morgan fingerprint density at radius 1 is 1.06 bits per heavy atom. The van der Waals surface area contributed by atoms with Gasteiger partial charge < -0.3 is 10.5 Å². The number of benzene rings is 2. The molecule has 1 fully saturated rings. The summed E-state index contributed by atoms with van der Waals surface area (Å²) in [6.45, 7) is 8.64. The number of rotatable bonds is 4. The Balaban J connectivity index is 1.60. The first-order valence-corrected chi connectivity index (χ1v) is 10.7. The number of aromatic nitrogens is 2. The van der Waals surface area contributed by atoms with Gasteiger partial charge in [0.25, 0.3) is 0 Å². The highest BCUT2D eigenvalue weighted by molar-refractivity contribution is 5.73. The number of piperidine rings is 1. The summed E-state index contributed by atoms with van der Waals surface area (Å²) >= 11 is 0. The van der Waals surface area contributed by atoms with Crippen molar-refractivity contribution in [2.45, 2.75) is 45.2 Å². The number of ether oxygens (including phenoxy) is 1. The second kappa shape index (κ2) is 8.44. The molecule has 4 rings (SSSR count). The Morgan fingerprint density at radius 2 is 1.74 bits per heavy atom. The van der Waals surface area contributed by atoms with Crippen LogP contribution in [0.3, 0.4) is 0 Å². The molecule has 0 bridgehead atoms. The van der Waals surface area contributed by atoms with Crippen molar-refractivity contribution in [1.82, 2.24) is 14.7 Å². The lowest BCUT2D eigenvalue weighted by atomic mass is 9.98. The number of nitriles is 1. The Morgan fingerprint density at radius 3 is 2.39 bits per heavy atom. The minimum Gasteiger partial charge on any atom is -0.457 e. The van der Waals surface area contributed by atoms with Crippen molar-refractivity contribution in [3.63, 3.8) is 0 Å². The number of likely N-dealkylation sites (tertiary alicyclic amines) is 1. The summed E-state index contributed by atoms with van der Waals surface area (Å²) in [4.78, 5) is 2.46. The van der Waals surface area contributed by atoms with Gasteiger partial charge in [-0.25, -0.2) is 4.68 Å². The molecule has 1 atom stereocenters. The minimum absolute atomic E-state index is 0.0933. The van der Waals surface area contributed by atoms with Gasteiger partial charge in [0, 0.05) is 17.6 Å². The summed E-state index contributed by atoms with van der Waals surface area (Å²) < 4.78 is 7.73. The number of hydrogen-bond acceptors (Lipinski definition) is 5. The van der Waals surface area contributed by atoms with E-state index in [9.17, 15) is 5.26 Å². The van der Waals surface area contributed by atoms with E-state index in [0.717, 1.165) is 43.0 Å². The molecule has 1 aliphatic heterocycles. The highest BCUT2D eigenvalue weighted by atomic mass is 16.5.